The van der Waals surface area contributed by atoms with Gasteiger partial charge in [0.25, 0.3) is 0 Å². The Hall–Kier alpha value is -1.66. The van der Waals surface area contributed by atoms with Gasteiger partial charge in [-0.05, 0) is 6.92 Å². The number of rotatable bonds is 2. The SMILES string of the molecule is Cc1nn(C)cc1-c1cnc(C2COCCN2)[nH]1. The highest BCUT2D eigenvalue weighted by Gasteiger charge is 2.19. The third-order valence-electron chi connectivity index (χ3n) is 3.15. The van der Waals surface area contributed by atoms with Crippen LogP contribution in [-0.2, 0) is 11.8 Å². The highest BCUT2D eigenvalue weighted by molar-refractivity contribution is 5.60. The van der Waals surface area contributed by atoms with Crippen LogP contribution in [0.2, 0.25) is 0 Å². The van der Waals surface area contributed by atoms with Gasteiger partial charge in [0.15, 0.2) is 0 Å². The summed E-state index contributed by atoms with van der Waals surface area (Å²) in [6, 6.07) is 0.157. The molecule has 1 aliphatic rings. The molecule has 1 fully saturated rings. The number of aromatic amines is 1. The van der Waals surface area contributed by atoms with E-state index in [9.17, 15) is 0 Å². The molecule has 0 aliphatic carbocycles. The number of hydrogen-bond acceptors (Lipinski definition) is 4. The van der Waals surface area contributed by atoms with E-state index in [-0.39, 0.29) is 6.04 Å². The Morgan fingerprint density at radius 2 is 2.39 bits per heavy atom. The molecular weight excluding hydrogens is 230 g/mol. The maximum absolute atomic E-state index is 5.44. The van der Waals surface area contributed by atoms with Crippen LogP contribution < -0.4 is 5.32 Å². The molecule has 2 aromatic rings. The molecule has 2 N–H and O–H groups in total. The first-order valence-corrected chi connectivity index (χ1v) is 6.10. The summed E-state index contributed by atoms with van der Waals surface area (Å²) < 4.78 is 7.25. The standard InChI is InChI=1S/C12H17N5O/c1-8-9(6-17(2)16-8)10-5-14-12(15-10)11-7-18-4-3-13-11/h5-6,11,13H,3-4,7H2,1-2H3,(H,14,15). The second-order valence-electron chi connectivity index (χ2n) is 4.57. The molecule has 6 heteroatoms. The van der Waals surface area contributed by atoms with E-state index in [0.717, 1.165) is 35.9 Å². The minimum Gasteiger partial charge on any atom is -0.378 e. The van der Waals surface area contributed by atoms with Gasteiger partial charge in [0.2, 0.25) is 0 Å². The minimum absolute atomic E-state index is 0.157. The van der Waals surface area contributed by atoms with Crippen LogP contribution in [0.5, 0.6) is 0 Å². The van der Waals surface area contributed by atoms with Gasteiger partial charge in [-0.3, -0.25) is 4.68 Å². The highest BCUT2D eigenvalue weighted by Crippen LogP contribution is 2.22. The molecule has 6 nitrogen and oxygen atoms in total. The predicted molar refractivity (Wildman–Crippen MR) is 67.1 cm³/mol. The molecule has 0 radical (unpaired) electrons. The summed E-state index contributed by atoms with van der Waals surface area (Å²) in [6.45, 7) is 4.30. The topological polar surface area (TPSA) is 67.8 Å². The maximum atomic E-state index is 5.44. The van der Waals surface area contributed by atoms with Crippen molar-refractivity contribution in [1.29, 1.82) is 0 Å². The van der Waals surface area contributed by atoms with Gasteiger partial charge in [-0.15, -0.1) is 0 Å². The lowest BCUT2D eigenvalue weighted by Crippen LogP contribution is -2.35. The van der Waals surface area contributed by atoms with Gasteiger partial charge in [0, 0.05) is 25.4 Å². The summed E-state index contributed by atoms with van der Waals surface area (Å²) in [5.74, 6) is 0.924. The van der Waals surface area contributed by atoms with Crippen molar-refractivity contribution in [3.63, 3.8) is 0 Å². The summed E-state index contributed by atoms with van der Waals surface area (Å²) >= 11 is 0. The Bertz CT molecular complexity index is 538. The second-order valence-corrected chi connectivity index (χ2v) is 4.57. The maximum Gasteiger partial charge on any atom is 0.126 e. The van der Waals surface area contributed by atoms with Crippen LogP contribution in [0.15, 0.2) is 12.4 Å². The number of H-pyrrole nitrogens is 1. The Kier molecular flexibility index (Phi) is 2.89. The minimum atomic E-state index is 0.157. The average molecular weight is 247 g/mol. The van der Waals surface area contributed by atoms with E-state index in [1.54, 1.807) is 0 Å². The van der Waals surface area contributed by atoms with Crippen molar-refractivity contribution in [3.05, 3.63) is 23.9 Å². The number of imidazole rings is 1. The molecule has 3 rings (SSSR count). The first-order valence-electron chi connectivity index (χ1n) is 6.10. The number of nitrogens with zero attached hydrogens (tertiary/aromatic N) is 3. The first-order chi connectivity index (χ1) is 8.74. The molecular formula is C12H17N5O. The first kappa shape index (κ1) is 11.4. The van der Waals surface area contributed by atoms with Crippen molar-refractivity contribution < 1.29 is 4.74 Å². The van der Waals surface area contributed by atoms with Crippen LogP contribution in [0.25, 0.3) is 11.3 Å². The number of aromatic nitrogens is 4. The lowest BCUT2D eigenvalue weighted by molar-refractivity contribution is 0.0745. The van der Waals surface area contributed by atoms with Crippen LogP contribution in [-0.4, -0.2) is 39.5 Å². The third kappa shape index (κ3) is 2.04. The van der Waals surface area contributed by atoms with Crippen molar-refractivity contribution in [2.45, 2.75) is 13.0 Å². The van der Waals surface area contributed by atoms with E-state index < -0.39 is 0 Å². The van der Waals surface area contributed by atoms with Crippen molar-refractivity contribution >= 4 is 0 Å². The molecule has 2 aromatic heterocycles. The van der Waals surface area contributed by atoms with E-state index in [0.29, 0.717) is 6.61 Å². The van der Waals surface area contributed by atoms with E-state index >= 15 is 0 Å². The van der Waals surface area contributed by atoms with Gasteiger partial charge in [-0.25, -0.2) is 4.98 Å². The zero-order chi connectivity index (χ0) is 12.5. The van der Waals surface area contributed by atoms with Crippen LogP contribution >= 0.6 is 0 Å². The molecule has 1 aliphatic heterocycles. The largest absolute Gasteiger partial charge is 0.378 e. The highest BCUT2D eigenvalue weighted by atomic mass is 16.5. The molecule has 96 valence electrons. The Morgan fingerprint density at radius 3 is 3.06 bits per heavy atom. The van der Waals surface area contributed by atoms with Crippen molar-refractivity contribution in [2.24, 2.45) is 7.05 Å². The quantitative estimate of drug-likeness (QED) is 0.823. The van der Waals surface area contributed by atoms with Gasteiger partial charge in [0.05, 0.1) is 36.8 Å². The smallest absolute Gasteiger partial charge is 0.126 e. The van der Waals surface area contributed by atoms with Crippen LogP contribution in [0.4, 0.5) is 0 Å². The predicted octanol–water partition coefficient (Wildman–Crippen LogP) is 0.780. The molecule has 3 heterocycles. The average Bonchev–Trinajstić information content (AvgIpc) is 2.97. The van der Waals surface area contributed by atoms with Crippen molar-refractivity contribution in [1.82, 2.24) is 25.1 Å². The molecule has 0 amide bonds. The number of hydrogen-bond donors (Lipinski definition) is 2. The molecule has 1 unspecified atom stereocenters. The van der Waals surface area contributed by atoms with Gasteiger partial charge < -0.3 is 15.0 Å². The van der Waals surface area contributed by atoms with Gasteiger partial charge in [-0.1, -0.05) is 0 Å². The van der Waals surface area contributed by atoms with E-state index in [4.69, 9.17) is 4.74 Å². The lowest BCUT2D eigenvalue weighted by atomic mass is 10.2. The van der Waals surface area contributed by atoms with Crippen molar-refractivity contribution in [3.8, 4) is 11.3 Å². The molecule has 0 spiro atoms. The normalized spacial score (nSPS) is 20.2. The zero-order valence-electron chi connectivity index (χ0n) is 10.6. The summed E-state index contributed by atoms with van der Waals surface area (Å²) in [4.78, 5) is 7.78. The van der Waals surface area contributed by atoms with E-state index in [1.807, 2.05) is 31.0 Å². The summed E-state index contributed by atoms with van der Waals surface area (Å²) in [5.41, 5.74) is 3.09. The van der Waals surface area contributed by atoms with Gasteiger partial charge in [0.1, 0.15) is 5.82 Å². The third-order valence-corrected chi connectivity index (χ3v) is 3.15. The number of morpholine rings is 1. The fourth-order valence-electron chi connectivity index (χ4n) is 2.26. The molecule has 0 aromatic carbocycles. The van der Waals surface area contributed by atoms with Crippen LogP contribution in [0.3, 0.4) is 0 Å². The van der Waals surface area contributed by atoms with Gasteiger partial charge >= 0.3 is 0 Å². The van der Waals surface area contributed by atoms with Crippen LogP contribution in [0, 0.1) is 6.92 Å². The molecule has 18 heavy (non-hydrogen) atoms. The van der Waals surface area contributed by atoms with E-state index in [1.165, 1.54) is 0 Å². The molecule has 0 bridgehead atoms. The number of ether oxygens (including phenoxy) is 1. The Labute approximate surface area is 105 Å². The second kappa shape index (κ2) is 4.55. The number of nitrogens with one attached hydrogen (secondary N) is 2. The van der Waals surface area contributed by atoms with E-state index in [2.05, 4.69) is 20.4 Å². The Balaban J connectivity index is 1.86. The zero-order valence-corrected chi connectivity index (χ0v) is 10.6. The van der Waals surface area contributed by atoms with Crippen molar-refractivity contribution in [2.75, 3.05) is 19.8 Å². The fraction of sp³-hybridized carbons (Fsp3) is 0.500. The summed E-state index contributed by atoms with van der Waals surface area (Å²) in [7, 11) is 1.92. The molecule has 1 atom stereocenters. The molecule has 1 saturated heterocycles. The summed E-state index contributed by atoms with van der Waals surface area (Å²) in [5, 5.41) is 7.72. The van der Waals surface area contributed by atoms with Gasteiger partial charge in [-0.2, -0.15) is 5.10 Å². The number of aryl methyl sites for hydroxylation is 2. The molecule has 0 saturated carbocycles. The lowest BCUT2D eigenvalue weighted by Gasteiger charge is -2.21. The Morgan fingerprint density at radius 1 is 1.50 bits per heavy atom. The fourth-order valence-corrected chi connectivity index (χ4v) is 2.26. The monoisotopic (exact) mass is 247 g/mol. The summed E-state index contributed by atoms with van der Waals surface area (Å²) in [6.07, 6.45) is 3.85. The van der Waals surface area contributed by atoms with Crippen LogP contribution in [0.1, 0.15) is 17.6 Å².